The molecule has 0 heterocycles. The van der Waals surface area contributed by atoms with Gasteiger partial charge in [0.15, 0.2) is 0 Å². The van der Waals surface area contributed by atoms with Gasteiger partial charge in [0.05, 0.1) is 10.6 Å². The highest BCUT2D eigenvalue weighted by molar-refractivity contribution is 9.10. The van der Waals surface area contributed by atoms with Crippen LogP contribution >= 0.6 is 15.9 Å². The summed E-state index contributed by atoms with van der Waals surface area (Å²) < 4.78 is 0.715. The SMILES string of the molecule is CCN(c1ccccc1)c1ccc([N+](=O)[O-])cc1Br. The highest BCUT2D eigenvalue weighted by Crippen LogP contribution is 2.34. The van der Waals surface area contributed by atoms with Gasteiger partial charge in [0.2, 0.25) is 0 Å². The molecule has 5 heteroatoms. The van der Waals surface area contributed by atoms with Crippen molar-refractivity contribution in [1.29, 1.82) is 0 Å². The number of para-hydroxylation sites is 1. The molecule has 0 radical (unpaired) electrons. The highest BCUT2D eigenvalue weighted by Gasteiger charge is 2.14. The topological polar surface area (TPSA) is 46.4 Å². The molecule has 0 aromatic heterocycles. The zero-order valence-corrected chi connectivity index (χ0v) is 12.0. The van der Waals surface area contributed by atoms with Crippen LogP contribution in [0.2, 0.25) is 0 Å². The fourth-order valence-corrected chi connectivity index (χ4v) is 2.51. The van der Waals surface area contributed by atoms with Crippen molar-refractivity contribution in [2.24, 2.45) is 0 Å². The average Bonchev–Trinajstić information content (AvgIpc) is 2.42. The van der Waals surface area contributed by atoms with Crippen LogP contribution in [0, 0.1) is 10.1 Å². The number of non-ortho nitro benzene ring substituents is 1. The molecule has 4 nitrogen and oxygen atoms in total. The standard InChI is InChI=1S/C14H13BrN2O2/c1-2-16(11-6-4-3-5-7-11)14-9-8-12(17(18)19)10-13(14)15/h3-10H,2H2,1H3. The van der Waals surface area contributed by atoms with E-state index in [0.29, 0.717) is 4.47 Å². The second-order valence-electron chi connectivity index (χ2n) is 3.97. The zero-order chi connectivity index (χ0) is 13.8. The number of benzene rings is 2. The predicted octanol–water partition coefficient (Wildman–Crippen LogP) is 4.52. The van der Waals surface area contributed by atoms with Crippen LogP contribution in [-0.4, -0.2) is 11.5 Å². The first-order valence-corrected chi connectivity index (χ1v) is 6.69. The van der Waals surface area contributed by atoms with Gasteiger partial charge < -0.3 is 4.90 Å². The van der Waals surface area contributed by atoms with Crippen LogP contribution in [0.1, 0.15) is 6.92 Å². The minimum absolute atomic E-state index is 0.0831. The summed E-state index contributed by atoms with van der Waals surface area (Å²) in [6, 6.07) is 14.7. The normalized spacial score (nSPS) is 10.2. The van der Waals surface area contributed by atoms with E-state index in [0.717, 1.165) is 17.9 Å². The lowest BCUT2D eigenvalue weighted by Gasteiger charge is -2.24. The number of rotatable bonds is 4. The number of nitro benzene ring substituents is 1. The second kappa shape index (κ2) is 5.84. The van der Waals surface area contributed by atoms with Gasteiger partial charge in [-0.05, 0) is 41.1 Å². The molecule has 0 aliphatic heterocycles. The van der Waals surface area contributed by atoms with Crippen LogP contribution < -0.4 is 4.90 Å². The van der Waals surface area contributed by atoms with Crippen molar-refractivity contribution in [3.63, 3.8) is 0 Å². The molecule has 0 atom stereocenters. The van der Waals surface area contributed by atoms with E-state index in [1.807, 2.05) is 37.3 Å². The largest absolute Gasteiger partial charge is 0.341 e. The van der Waals surface area contributed by atoms with E-state index < -0.39 is 4.92 Å². The number of nitrogens with zero attached hydrogens (tertiary/aromatic N) is 2. The Morgan fingerprint density at radius 2 is 1.89 bits per heavy atom. The fraction of sp³-hybridized carbons (Fsp3) is 0.143. The van der Waals surface area contributed by atoms with Gasteiger partial charge in [-0.2, -0.15) is 0 Å². The first-order valence-electron chi connectivity index (χ1n) is 5.90. The van der Waals surface area contributed by atoms with Crippen LogP contribution in [-0.2, 0) is 0 Å². The van der Waals surface area contributed by atoms with Gasteiger partial charge in [0, 0.05) is 28.8 Å². The zero-order valence-electron chi connectivity index (χ0n) is 10.4. The minimum atomic E-state index is -0.395. The third-order valence-electron chi connectivity index (χ3n) is 2.82. The Balaban J connectivity index is 2.42. The van der Waals surface area contributed by atoms with Crippen molar-refractivity contribution in [3.05, 3.63) is 63.1 Å². The van der Waals surface area contributed by atoms with Crippen molar-refractivity contribution in [2.75, 3.05) is 11.4 Å². The van der Waals surface area contributed by atoms with Crippen molar-refractivity contribution in [1.82, 2.24) is 0 Å². The van der Waals surface area contributed by atoms with E-state index in [9.17, 15) is 10.1 Å². The maximum Gasteiger partial charge on any atom is 0.270 e. The van der Waals surface area contributed by atoms with Crippen LogP contribution in [0.5, 0.6) is 0 Å². The van der Waals surface area contributed by atoms with Gasteiger partial charge in [0.1, 0.15) is 0 Å². The number of hydrogen-bond acceptors (Lipinski definition) is 3. The van der Waals surface area contributed by atoms with E-state index in [-0.39, 0.29) is 5.69 Å². The Labute approximate surface area is 119 Å². The Morgan fingerprint density at radius 1 is 1.21 bits per heavy atom. The summed E-state index contributed by atoms with van der Waals surface area (Å²) in [5.74, 6) is 0. The minimum Gasteiger partial charge on any atom is -0.341 e. The molecule has 0 aliphatic carbocycles. The number of halogens is 1. The molecule has 98 valence electrons. The third kappa shape index (κ3) is 2.93. The van der Waals surface area contributed by atoms with Crippen molar-refractivity contribution in [3.8, 4) is 0 Å². The molecule has 0 fully saturated rings. The summed E-state index contributed by atoms with van der Waals surface area (Å²) in [5.41, 5.74) is 2.05. The van der Waals surface area contributed by atoms with E-state index in [4.69, 9.17) is 0 Å². The molecule has 0 amide bonds. The number of hydrogen-bond donors (Lipinski definition) is 0. The Hall–Kier alpha value is -1.88. The summed E-state index contributed by atoms with van der Waals surface area (Å²) in [7, 11) is 0. The van der Waals surface area contributed by atoms with Gasteiger partial charge in [0.25, 0.3) is 5.69 Å². The molecule has 19 heavy (non-hydrogen) atoms. The van der Waals surface area contributed by atoms with Crippen molar-refractivity contribution >= 4 is 33.0 Å². The van der Waals surface area contributed by atoms with Crippen molar-refractivity contribution < 1.29 is 4.92 Å². The second-order valence-corrected chi connectivity index (χ2v) is 4.83. The molecule has 0 unspecified atom stereocenters. The molecule has 2 rings (SSSR count). The molecule has 0 saturated carbocycles. The molecular formula is C14H13BrN2O2. The highest BCUT2D eigenvalue weighted by atomic mass is 79.9. The molecule has 2 aromatic rings. The van der Waals surface area contributed by atoms with E-state index in [2.05, 4.69) is 20.8 Å². The molecule has 0 spiro atoms. The van der Waals surface area contributed by atoms with Gasteiger partial charge in [-0.25, -0.2) is 0 Å². The maximum atomic E-state index is 10.7. The van der Waals surface area contributed by atoms with E-state index in [1.165, 1.54) is 12.1 Å². The number of nitro groups is 1. The third-order valence-corrected chi connectivity index (χ3v) is 3.45. The quantitative estimate of drug-likeness (QED) is 0.614. The molecule has 0 N–H and O–H groups in total. The van der Waals surface area contributed by atoms with Crippen molar-refractivity contribution in [2.45, 2.75) is 6.92 Å². The van der Waals surface area contributed by atoms with Crippen LogP contribution in [0.15, 0.2) is 53.0 Å². The monoisotopic (exact) mass is 320 g/mol. The summed E-state index contributed by atoms with van der Waals surface area (Å²) >= 11 is 3.41. The lowest BCUT2D eigenvalue weighted by molar-refractivity contribution is -0.384. The average molecular weight is 321 g/mol. The van der Waals surface area contributed by atoms with E-state index in [1.54, 1.807) is 6.07 Å². The Kier molecular flexibility index (Phi) is 4.16. The molecule has 0 aliphatic rings. The lowest BCUT2D eigenvalue weighted by Crippen LogP contribution is -2.16. The molecule has 2 aromatic carbocycles. The molecule has 0 saturated heterocycles. The fourth-order valence-electron chi connectivity index (χ4n) is 1.93. The first-order chi connectivity index (χ1) is 9.13. The maximum absolute atomic E-state index is 10.7. The van der Waals surface area contributed by atoms with Gasteiger partial charge >= 0.3 is 0 Å². The van der Waals surface area contributed by atoms with E-state index >= 15 is 0 Å². The van der Waals surface area contributed by atoms with Gasteiger partial charge in [-0.15, -0.1) is 0 Å². The summed E-state index contributed by atoms with van der Waals surface area (Å²) in [6.07, 6.45) is 0. The molecule has 0 bridgehead atoms. The Bertz CT molecular complexity index is 587. The van der Waals surface area contributed by atoms with Crippen LogP contribution in [0.3, 0.4) is 0 Å². The summed E-state index contributed by atoms with van der Waals surface area (Å²) in [4.78, 5) is 12.4. The Morgan fingerprint density at radius 3 is 2.42 bits per heavy atom. The van der Waals surface area contributed by atoms with Crippen LogP contribution in [0.25, 0.3) is 0 Å². The summed E-state index contributed by atoms with van der Waals surface area (Å²) in [6.45, 7) is 2.82. The van der Waals surface area contributed by atoms with Crippen LogP contribution in [0.4, 0.5) is 17.1 Å². The molecular weight excluding hydrogens is 308 g/mol. The van der Waals surface area contributed by atoms with Gasteiger partial charge in [-0.3, -0.25) is 10.1 Å². The number of anilines is 2. The lowest BCUT2D eigenvalue weighted by atomic mass is 10.2. The smallest absolute Gasteiger partial charge is 0.270 e. The van der Waals surface area contributed by atoms with Gasteiger partial charge in [-0.1, -0.05) is 18.2 Å². The first kappa shape index (κ1) is 13.5. The summed E-state index contributed by atoms with van der Waals surface area (Å²) in [5, 5.41) is 10.7. The predicted molar refractivity (Wildman–Crippen MR) is 79.9 cm³/mol.